The lowest BCUT2D eigenvalue weighted by Crippen LogP contribution is -2.35. The van der Waals surface area contributed by atoms with Gasteiger partial charge in [0, 0.05) is 25.7 Å². The molecule has 1 fully saturated rings. The topological polar surface area (TPSA) is 15.3 Å². The molecule has 0 radical (unpaired) electrons. The van der Waals surface area contributed by atoms with E-state index in [9.17, 15) is 0 Å². The highest BCUT2D eigenvalue weighted by Gasteiger charge is 2.16. The minimum Gasteiger partial charge on any atom is -0.313 e. The maximum atomic E-state index is 3.55. The lowest BCUT2D eigenvalue weighted by atomic mass is 10.1. The molecule has 0 aliphatic heterocycles. The number of rotatable bonds is 7. The van der Waals surface area contributed by atoms with Crippen LogP contribution in [0.3, 0.4) is 0 Å². The van der Waals surface area contributed by atoms with Gasteiger partial charge in [0.15, 0.2) is 0 Å². The molecule has 1 aliphatic rings. The fourth-order valence-electron chi connectivity index (χ4n) is 2.37. The minimum absolute atomic E-state index is 0.671. The van der Waals surface area contributed by atoms with E-state index in [2.05, 4.69) is 31.1 Å². The van der Waals surface area contributed by atoms with Gasteiger partial charge in [0.2, 0.25) is 0 Å². The Kier molecular flexibility index (Phi) is 6.26. The molecule has 1 atom stereocenters. The molecule has 0 saturated heterocycles. The maximum Gasteiger partial charge on any atom is 0.0104 e. The highest BCUT2D eigenvalue weighted by Crippen LogP contribution is 2.24. The van der Waals surface area contributed by atoms with Crippen molar-refractivity contribution in [3.8, 4) is 0 Å². The van der Waals surface area contributed by atoms with Crippen LogP contribution in [0.25, 0.3) is 0 Å². The molecule has 0 spiro atoms. The molecule has 1 N–H and O–H groups in total. The Bertz CT molecular complexity index is 153. The summed E-state index contributed by atoms with van der Waals surface area (Å²) < 4.78 is 0. The number of likely N-dealkylation sites (N-methyl/N-ethyl adjacent to an activating group) is 1. The van der Waals surface area contributed by atoms with Crippen molar-refractivity contribution >= 4 is 0 Å². The molecule has 0 heterocycles. The van der Waals surface area contributed by atoms with Crippen molar-refractivity contribution in [2.75, 3.05) is 26.7 Å². The van der Waals surface area contributed by atoms with Crippen LogP contribution >= 0.6 is 0 Å². The van der Waals surface area contributed by atoms with E-state index in [4.69, 9.17) is 0 Å². The molecule has 0 aromatic carbocycles. The summed E-state index contributed by atoms with van der Waals surface area (Å²) in [6.45, 7) is 8.14. The first kappa shape index (κ1) is 13.0. The number of nitrogens with zero attached hydrogens (tertiary/aromatic N) is 1. The molecule has 90 valence electrons. The van der Waals surface area contributed by atoms with Crippen LogP contribution in [0.1, 0.15) is 46.0 Å². The Morgan fingerprint density at radius 2 is 2.00 bits per heavy atom. The van der Waals surface area contributed by atoms with Crippen LogP contribution in [0.2, 0.25) is 0 Å². The first-order valence-electron chi connectivity index (χ1n) is 6.64. The van der Waals surface area contributed by atoms with Gasteiger partial charge in [0.1, 0.15) is 0 Å². The molecular formula is C13H28N2. The minimum atomic E-state index is 0.671. The summed E-state index contributed by atoms with van der Waals surface area (Å²) in [4.78, 5) is 2.49. The van der Waals surface area contributed by atoms with E-state index in [0.717, 1.165) is 12.5 Å². The monoisotopic (exact) mass is 212 g/mol. The molecule has 0 bridgehead atoms. The quantitative estimate of drug-likeness (QED) is 0.697. The molecular weight excluding hydrogens is 184 g/mol. The van der Waals surface area contributed by atoms with Gasteiger partial charge in [-0.05, 0) is 39.2 Å². The number of hydrogen-bond donors (Lipinski definition) is 1. The predicted molar refractivity (Wildman–Crippen MR) is 67.2 cm³/mol. The predicted octanol–water partition coefficient (Wildman–Crippen LogP) is 2.50. The highest BCUT2D eigenvalue weighted by molar-refractivity contribution is 4.71. The Morgan fingerprint density at radius 3 is 2.60 bits per heavy atom. The summed E-state index contributed by atoms with van der Waals surface area (Å²) in [5, 5.41) is 3.55. The van der Waals surface area contributed by atoms with Gasteiger partial charge >= 0.3 is 0 Å². The second-order valence-electron chi connectivity index (χ2n) is 5.18. The third-order valence-corrected chi connectivity index (χ3v) is 3.64. The lowest BCUT2D eigenvalue weighted by molar-refractivity contribution is 0.274. The van der Waals surface area contributed by atoms with Crippen molar-refractivity contribution in [2.45, 2.75) is 52.0 Å². The molecule has 0 amide bonds. The first-order valence-corrected chi connectivity index (χ1v) is 6.64. The number of hydrogen-bond acceptors (Lipinski definition) is 2. The normalized spacial score (nSPS) is 20.0. The van der Waals surface area contributed by atoms with Crippen molar-refractivity contribution in [1.29, 1.82) is 0 Å². The van der Waals surface area contributed by atoms with E-state index in [0.29, 0.717) is 6.04 Å². The zero-order valence-corrected chi connectivity index (χ0v) is 10.8. The van der Waals surface area contributed by atoms with Gasteiger partial charge in [-0.15, -0.1) is 0 Å². The van der Waals surface area contributed by atoms with Crippen molar-refractivity contribution in [2.24, 2.45) is 5.92 Å². The SMILES string of the molecule is CCC(C)NCCN(C)CC1CCCC1. The van der Waals surface area contributed by atoms with E-state index < -0.39 is 0 Å². The summed E-state index contributed by atoms with van der Waals surface area (Å²) in [6, 6.07) is 0.671. The Morgan fingerprint density at radius 1 is 1.33 bits per heavy atom. The molecule has 1 rings (SSSR count). The highest BCUT2D eigenvalue weighted by atomic mass is 15.1. The molecule has 0 aromatic heterocycles. The van der Waals surface area contributed by atoms with Crippen LogP contribution < -0.4 is 5.32 Å². The smallest absolute Gasteiger partial charge is 0.0104 e. The van der Waals surface area contributed by atoms with Crippen molar-refractivity contribution in [3.63, 3.8) is 0 Å². The van der Waals surface area contributed by atoms with Gasteiger partial charge in [-0.25, -0.2) is 0 Å². The zero-order chi connectivity index (χ0) is 11.1. The van der Waals surface area contributed by atoms with Crippen LogP contribution in [0, 0.1) is 5.92 Å². The van der Waals surface area contributed by atoms with Crippen molar-refractivity contribution < 1.29 is 0 Å². The maximum absolute atomic E-state index is 3.55. The second-order valence-corrected chi connectivity index (χ2v) is 5.18. The van der Waals surface area contributed by atoms with Gasteiger partial charge in [-0.3, -0.25) is 0 Å². The molecule has 2 nitrogen and oxygen atoms in total. The molecule has 15 heavy (non-hydrogen) atoms. The fraction of sp³-hybridized carbons (Fsp3) is 1.00. The van der Waals surface area contributed by atoms with Gasteiger partial charge in [-0.1, -0.05) is 19.8 Å². The van der Waals surface area contributed by atoms with Gasteiger partial charge < -0.3 is 10.2 Å². The zero-order valence-electron chi connectivity index (χ0n) is 10.8. The molecule has 1 aliphatic carbocycles. The molecule has 1 saturated carbocycles. The second kappa shape index (κ2) is 7.24. The Balaban J connectivity index is 2.00. The van der Waals surface area contributed by atoms with Crippen LogP contribution in [0.5, 0.6) is 0 Å². The van der Waals surface area contributed by atoms with Crippen LogP contribution in [0.4, 0.5) is 0 Å². The van der Waals surface area contributed by atoms with E-state index in [1.807, 2.05) is 0 Å². The molecule has 1 unspecified atom stereocenters. The van der Waals surface area contributed by atoms with E-state index in [1.54, 1.807) is 0 Å². The summed E-state index contributed by atoms with van der Waals surface area (Å²) in [5.74, 6) is 0.985. The van der Waals surface area contributed by atoms with Gasteiger partial charge in [0.25, 0.3) is 0 Å². The van der Waals surface area contributed by atoms with Crippen molar-refractivity contribution in [3.05, 3.63) is 0 Å². The number of nitrogens with one attached hydrogen (secondary N) is 1. The average molecular weight is 212 g/mol. The summed E-state index contributed by atoms with van der Waals surface area (Å²) in [6.07, 6.45) is 7.08. The standard InChI is InChI=1S/C13H28N2/c1-4-12(2)14-9-10-15(3)11-13-7-5-6-8-13/h12-14H,4-11H2,1-3H3. The van der Waals surface area contributed by atoms with E-state index >= 15 is 0 Å². The largest absolute Gasteiger partial charge is 0.313 e. The summed E-state index contributed by atoms with van der Waals surface area (Å²) >= 11 is 0. The van der Waals surface area contributed by atoms with Gasteiger partial charge in [0.05, 0.1) is 0 Å². The fourth-order valence-corrected chi connectivity index (χ4v) is 2.37. The van der Waals surface area contributed by atoms with Crippen LogP contribution in [0.15, 0.2) is 0 Å². The molecule has 0 aromatic rings. The van der Waals surface area contributed by atoms with Crippen molar-refractivity contribution in [1.82, 2.24) is 10.2 Å². The van der Waals surface area contributed by atoms with E-state index in [1.165, 1.54) is 45.2 Å². The average Bonchev–Trinajstić information content (AvgIpc) is 2.70. The lowest BCUT2D eigenvalue weighted by Gasteiger charge is -2.21. The van der Waals surface area contributed by atoms with E-state index in [-0.39, 0.29) is 0 Å². The van der Waals surface area contributed by atoms with Crippen LogP contribution in [-0.4, -0.2) is 37.6 Å². The summed E-state index contributed by atoms with van der Waals surface area (Å²) in [7, 11) is 2.26. The van der Waals surface area contributed by atoms with Gasteiger partial charge in [-0.2, -0.15) is 0 Å². The Labute approximate surface area is 95.4 Å². The first-order chi connectivity index (χ1) is 7.22. The molecule has 2 heteroatoms. The van der Waals surface area contributed by atoms with Crippen LogP contribution in [-0.2, 0) is 0 Å². The third kappa shape index (κ3) is 5.53. The summed E-state index contributed by atoms with van der Waals surface area (Å²) in [5.41, 5.74) is 0. The third-order valence-electron chi connectivity index (χ3n) is 3.64. The Hall–Kier alpha value is -0.0800.